The van der Waals surface area contributed by atoms with Gasteiger partial charge in [0.1, 0.15) is 5.76 Å². The number of carbonyl (C=O) groups excluding carboxylic acids is 1. The zero-order valence-electron chi connectivity index (χ0n) is 8.06. The zero-order chi connectivity index (χ0) is 9.80. The average Bonchev–Trinajstić information content (AvgIpc) is 2.87. The first-order valence-corrected chi connectivity index (χ1v) is 5.63. The van der Waals surface area contributed by atoms with Gasteiger partial charge < -0.3 is 9.73 Å². The monoisotopic (exact) mass is 248 g/mol. The molecule has 0 radical (unpaired) electrons. The van der Waals surface area contributed by atoms with Crippen molar-refractivity contribution in [2.45, 2.75) is 12.6 Å². The van der Waals surface area contributed by atoms with Gasteiger partial charge in [-0.3, -0.25) is 10.1 Å². The van der Waals surface area contributed by atoms with E-state index in [0.29, 0.717) is 6.54 Å². The van der Waals surface area contributed by atoms with E-state index >= 15 is 0 Å². The highest BCUT2D eigenvalue weighted by Crippen LogP contribution is 2.09. The summed E-state index contributed by atoms with van der Waals surface area (Å²) in [6, 6.07) is 3.61. The number of amides is 1. The molecular formula is C9H13ClN2O2S. The standard InChI is InChI=1S/C9H12N2O2S.ClH/c12-9(8-5-14-6-11-8)10-4-7-2-1-3-13-7;/h1-3,8,11H,4-6H2,(H,10,12);1H/t8-;/m1./s1. The van der Waals surface area contributed by atoms with Crippen LogP contribution in [0.2, 0.25) is 0 Å². The van der Waals surface area contributed by atoms with Crippen molar-refractivity contribution in [1.29, 1.82) is 0 Å². The Morgan fingerprint density at radius 2 is 2.60 bits per heavy atom. The summed E-state index contributed by atoms with van der Waals surface area (Å²) in [6.45, 7) is 0.467. The Bertz CT molecular complexity index is 299. The van der Waals surface area contributed by atoms with Crippen molar-refractivity contribution in [1.82, 2.24) is 10.6 Å². The molecule has 15 heavy (non-hydrogen) atoms. The third-order valence-electron chi connectivity index (χ3n) is 2.05. The van der Waals surface area contributed by atoms with Crippen LogP contribution >= 0.6 is 24.2 Å². The Morgan fingerprint density at radius 3 is 3.20 bits per heavy atom. The summed E-state index contributed by atoms with van der Waals surface area (Å²) in [6.07, 6.45) is 1.60. The van der Waals surface area contributed by atoms with Crippen molar-refractivity contribution in [3.05, 3.63) is 24.2 Å². The molecule has 6 heteroatoms. The van der Waals surface area contributed by atoms with Crippen molar-refractivity contribution < 1.29 is 9.21 Å². The van der Waals surface area contributed by atoms with Gasteiger partial charge in [-0.1, -0.05) is 0 Å². The van der Waals surface area contributed by atoms with E-state index in [0.717, 1.165) is 17.4 Å². The molecule has 0 bridgehead atoms. The molecule has 0 saturated carbocycles. The van der Waals surface area contributed by atoms with Crippen LogP contribution < -0.4 is 10.6 Å². The van der Waals surface area contributed by atoms with E-state index in [2.05, 4.69) is 10.6 Å². The molecule has 84 valence electrons. The lowest BCUT2D eigenvalue weighted by molar-refractivity contribution is -0.122. The average molecular weight is 249 g/mol. The van der Waals surface area contributed by atoms with E-state index in [1.54, 1.807) is 18.0 Å². The summed E-state index contributed by atoms with van der Waals surface area (Å²) in [5.41, 5.74) is 0. The van der Waals surface area contributed by atoms with Crippen LogP contribution in [0, 0.1) is 0 Å². The maximum atomic E-state index is 11.5. The molecule has 1 aliphatic rings. The van der Waals surface area contributed by atoms with Gasteiger partial charge >= 0.3 is 0 Å². The van der Waals surface area contributed by atoms with Gasteiger partial charge in [-0.25, -0.2) is 0 Å². The first-order valence-electron chi connectivity index (χ1n) is 4.47. The molecule has 1 saturated heterocycles. The zero-order valence-corrected chi connectivity index (χ0v) is 9.70. The number of rotatable bonds is 3. The highest BCUT2D eigenvalue weighted by atomic mass is 35.5. The van der Waals surface area contributed by atoms with Gasteiger partial charge in [0.25, 0.3) is 0 Å². The summed E-state index contributed by atoms with van der Waals surface area (Å²) in [5.74, 6) is 2.54. The van der Waals surface area contributed by atoms with E-state index in [4.69, 9.17) is 4.42 Å². The third kappa shape index (κ3) is 3.44. The summed E-state index contributed by atoms with van der Waals surface area (Å²) >= 11 is 1.74. The molecule has 0 aromatic carbocycles. The van der Waals surface area contributed by atoms with Crippen LogP contribution in [0.25, 0.3) is 0 Å². The predicted molar refractivity (Wildman–Crippen MR) is 62.1 cm³/mol. The lowest BCUT2D eigenvalue weighted by atomic mass is 10.3. The van der Waals surface area contributed by atoms with Gasteiger partial charge in [-0.15, -0.1) is 24.2 Å². The minimum atomic E-state index is -0.0463. The number of hydrogen-bond acceptors (Lipinski definition) is 4. The van der Waals surface area contributed by atoms with Gasteiger partial charge in [0.15, 0.2) is 0 Å². The van der Waals surface area contributed by atoms with Crippen molar-refractivity contribution >= 4 is 30.1 Å². The molecule has 4 nitrogen and oxygen atoms in total. The van der Waals surface area contributed by atoms with Crippen molar-refractivity contribution in [3.8, 4) is 0 Å². The van der Waals surface area contributed by atoms with Gasteiger partial charge in [0.05, 0.1) is 18.8 Å². The Labute approximate surface area is 98.6 Å². The van der Waals surface area contributed by atoms with Crippen LogP contribution in [0.5, 0.6) is 0 Å². The molecule has 1 amide bonds. The van der Waals surface area contributed by atoms with Gasteiger partial charge in [0, 0.05) is 11.6 Å². The van der Waals surface area contributed by atoms with Gasteiger partial charge in [-0.05, 0) is 12.1 Å². The number of carbonyl (C=O) groups is 1. The molecule has 1 aliphatic heterocycles. The molecule has 2 rings (SSSR count). The number of furan rings is 1. The molecule has 0 aliphatic carbocycles. The smallest absolute Gasteiger partial charge is 0.238 e. The summed E-state index contributed by atoms with van der Waals surface area (Å²) in [5, 5.41) is 5.93. The summed E-state index contributed by atoms with van der Waals surface area (Å²) < 4.78 is 5.11. The van der Waals surface area contributed by atoms with Gasteiger partial charge in [-0.2, -0.15) is 0 Å². The number of hydrogen-bond donors (Lipinski definition) is 2. The number of nitrogens with one attached hydrogen (secondary N) is 2. The largest absolute Gasteiger partial charge is 0.467 e. The Morgan fingerprint density at radius 1 is 1.73 bits per heavy atom. The Balaban J connectivity index is 0.00000112. The lowest BCUT2D eigenvalue weighted by Crippen LogP contribution is -2.41. The topological polar surface area (TPSA) is 54.3 Å². The summed E-state index contributed by atoms with van der Waals surface area (Å²) in [4.78, 5) is 11.5. The first kappa shape index (κ1) is 12.4. The molecule has 0 unspecified atom stereocenters. The summed E-state index contributed by atoms with van der Waals surface area (Å²) in [7, 11) is 0. The predicted octanol–water partition coefficient (Wildman–Crippen LogP) is 0.980. The maximum Gasteiger partial charge on any atom is 0.238 e. The molecule has 1 atom stereocenters. The quantitative estimate of drug-likeness (QED) is 0.838. The van der Waals surface area contributed by atoms with Crippen molar-refractivity contribution in [3.63, 3.8) is 0 Å². The fraction of sp³-hybridized carbons (Fsp3) is 0.444. The molecule has 0 spiro atoms. The fourth-order valence-corrected chi connectivity index (χ4v) is 2.22. The second-order valence-electron chi connectivity index (χ2n) is 3.07. The molecule has 1 fully saturated rings. The minimum Gasteiger partial charge on any atom is -0.467 e. The molecular weight excluding hydrogens is 236 g/mol. The molecule has 1 aromatic heterocycles. The van der Waals surface area contributed by atoms with E-state index in [9.17, 15) is 4.79 Å². The number of halogens is 1. The first-order chi connectivity index (χ1) is 6.86. The Kier molecular flexibility index (Phi) is 5.01. The van der Waals surface area contributed by atoms with E-state index in [1.807, 2.05) is 12.1 Å². The van der Waals surface area contributed by atoms with Crippen LogP contribution in [-0.2, 0) is 11.3 Å². The van der Waals surface area contributed by atoms with Crippen LogP contribution in [0.4, 0.5) is 0 Å². The highest BCUT2D eigenvalue weighted by Gasteiger charge is 2.21. The Hall–Kier alpha value is -0.650. The third-order valence-corrected chi connectivity index (χ3v) is 2.99. The van der Waals surface area contributed by atoms with Gasteiger partial charge in [0.2, 0.25) is 5.91 Å². The molecule has 1 aromatic rings. The molecule has 2 N–H and O–H groups in total. The highest BCUT2D eigenvalue weighted by molar-refractivity contribution is 7.99. The van der Waals surface area contributed by atoms with E-state index < -0.39 is 0 Å². The van der Waals surface area contributed by atoms with Crippen molar-refractivity contribution in [2.75, 3.05) is 11.6 Å². The minimum absolute atomic E-state index is 0. The lowest BCUT2D eigenvalue weighted by Gasteiger charge is -2.08. The van der Waals surface area contributed by atoms with E-state index in [1.165, 1.54) is 0 Å². The van der Waals surface area contributed by atoms with Crippen LogP contribution in [0.15, 0.2) is 22.8 Å². The van der Waals surface area contributed by atoms with E-state index in [-0.39, 0.29) is 24.4 Å². The second kappa shape index (κ2) is 6.05. The molecule has 2 heterocycles. The van der Waals surface area contributed by atoms with Crippen LogP contribution in [-0.4, -0.2) is 23.6 Å². The van der Waals surface area contributed by atoms with Crippen LogP contribution in [0.1, 0.15) is 5.76 Å². The SMILES string of the molecule is Cl.O=C(NCc1ccco1)[C@H]1CSCN1. The fourth-order valence-electron chi connectivity index (χ4n) is 1.27. The maximum absolute atomic E-state index is 11.5. The normalized spacial score (nSPS) is 19.6. The second-order valence-corrected chi connectivity index (χ2v) is 4.10. The van der Waals surface area contributed by atoms with Crippen LogP contribution in [0.3, 0.4) is 0 Å². The van der Waals surface area contributed by atoms with Crippen molar-refractivity contribution in [2.24, 2.45) is 0 Å². The number of thioether (sulfide) groups is 1.